The number of carbonyl (C=O) groups is 2. The van der Waals surface area contributed by atoms with Crippen molar-refractivity contribution < 1.29 is 18.7 Å². The molecule has 0 spiro atoms. The molecule has 0 radical (unpaired) electrons. The van der Waals surface area contributed by atoms with Crippen LogP contribution in [0.5, 0.6) is 0 Å². The number of para-hydroxylation sites is 1. The van der Waals surface area contributed by atoms with E-state index in [1.807, 2.05) is 25.7 Å². The number of piperidine rings is 2. The number of halogens is 1. The number of methoxy groups -OCH3 is 1. The Morgan fingerprint density at radius 2 is 1.80 bits per heavy atom. The molecule has 1 atom stereocenters. The summed E-state index contributed by atoms with van der Waals surface area (Å²) in [6.07, 6.45) is 7.55. The summed E-state index contributed by atoms with van der Waals surface area (Å²) in [5.74, 6) is 0.288. The summed E-state index contributed by atoms with van der Waals surface area (Å²) in [6.45, 7) is 8.93. The fourth-order valence-electron chi connectivity index (χ4n) is 7.50. The van der Waals surface area contributed by atoms with Crippen LogP contribution >= 0.6 is 0 Å². The quantitative estimate of drug-likeness (QED) is 0.291. The summed E-state index contributed by atoms with van der Waals surface area (Å²) in [5, 5.41) is 6.08. The molecule has 244 valence electrons. The minimum atomic E-state index is -0.832. The summed E-state index contributed by atoms with van der Waals surface area (Å²) in [7, 11) is 1.58. The molecule has 7 rings (SSSR count). The van der Waals surface area contributed by atoms with Crippen LogP contribution in [0.15, 0.2) is 36.5 Å². The third-order valence-corrected chi connectivity index (χ3v) is 10.5. The zero-order valence-corrected chi connectivity index (χ0v) is 27.4. The first-order valence-electron chi connectivity index (χ1n) is 16.8. The molecule has 2 aliphatic heterocycles. The second-order valence-electron chi connectivity index (χ2n) is 14.1. The average molecular weight is 629 g/mol. The number of pyridine rings is 1. The van der Waals surface area contributed by atoms with Crippen molar-refractivity contribution in [2.24, 2.45) is 11.7 Å². The number of amides is 2. The molecule has 1 aliphatic carbocycles. The van der Waals surface area contributed by atoms with Gasteiger partial charge in [0.05, 0.1) is 16.8 Å². The van der Waals surface area contributed by atoms with Gasteiger partial charge in [-0.15, -0.1) is 0 Å². The van der Waals surface area contributed by atoms with Crippen molar-refractivity contribution in [2.75, 3.05) is 33.3 Å². The maximum absolute atomic E-state index is 15.8. The smallest absolute Gasteiger partial charge is 0.255 e. The average Bonchev–Trinajstić information content (AvgIpc) is 3.72. The molecule has 10 heteroatoms. The fourth-order valence-corrected chi connectivity index (χ4v) is 7.50. The van der Waals surface area contributed by atoms with Crippen LogP contribution in [0.1, 0.15) is 79.8 Å². The molecule has 5 heterocycles. The van der Waals surface area contributed by atoms with Crippen LogP contribution in [0, 0.1) is 18.7 Å². The van der Waals surface area contributed by atoms with E-state index in [2.05, 4.69) is 28.8 Å². The molecule has 2 saturated heterocycles. The molecule has 1 aromatic carbocycles. The number of nitrogens with zero attached hydrogens (tertiary/aromatic N) is 5. The van der Waals surface area contributed by atoms with E-state index in [1.54, 1.807) is 22.7 Å². The van der Waals surface area contributed by atoms with Crippen molar-refractivity contribution in [1.29, 1.82) is 0 Å². The van der Waals surface area contributed by atoms with Gasteiger partial charge in [-0.05, 0) is 88.8 Å². The summed E-state index contributed by atoms with van der Waals surface area (Å²) in [6, 6.07) is 9.98. The highest BCUT2D eigenvalue weighted by molar-refractivity contribution is 5.95. The molecular formula is C36H45FN6O3. The van der Waals surface area contributed by atoms with Crippen molar-refractivity contribution >= 4 is 28.2 Å². The Balaban J connectivity index is 1.25. The highest BCUT2D eigenvalue weighted by Crippen LogP contribution is 2.41. The highest BCUT2D eigenvalue weighted by Gasteiger charge is 2.35. The largest absolute Gasteiger partial charge is 0.369 e. The third-order valence-electron chi connectivity index (χ3n) is 10.5. The van der Waals surface area contributed by atoms with Crippen LogP contribution in [0.25, 0.3) is 27.8 Å². The Morgan fingerprint density at radius 3 is 2.50 bits per heavy atom. The van der Waals surface area contributed by atoms with E-state index in [0.717, 1.165) is 54.6 Å². The number of hydrogen-bond donors (Lipinski definition) is 1. The first kappa shape index (κ1) is 30.9. The van der Waals surface area contributed by atoms with E-state index in [0.29, 0.717) is 43.5 Å². The Morgan fingerprint density at radius 1 is 1.04 bits per heavy atom. The lowest BCUT2D eigenvalue weighted by molar-refractivity contribution is -0.152. The van der Waals surface area contributed by atoms with Gasteiger partial charge in [-0.1, -0.05) is 18.2 Å². The van der Waals surface area contributed by atoms with Crippen LogP contribution in [0.4, 0.5) is 4.39 Å². The number of fused-ring (bicyclic) bond motifs is 2. The Bertz CT molecular complexity index is 1810. The molecular weight excluding hydrogens is 583 g/mol. The number of carbonyl (C=O) groups excluding carboxylic acids is 2. The van der Waals surface area contributed by atoms with Gasteiger partial charge < -0.3 is 24.8 Å². The Labute approximate surface area is 269 Å². The van der Waals surface area contributed by atoms with Crippen molar-refractivity contribution in [1.82, 2.24) is 24.0 Å². The van der Waals surface area contributed by atoms with Crippen molar-refractivity contribution in [3.63, 3.8) is 0 Å². The van der Waals surface area contributed by atoms with E-state index >= 15 is 4.39 Å². The number of benzene rings is 1. The molecule has 3 fully saturated rings. The monoisotopic (exact) mass is 628 g/mol. The number of nitrogens with two attached hydrogens (primary N) is 1. The second-order valence-corrected chi connectivity index (χ2v) is 14.1. The summed E-state index contributed by atoms with van der Waals surface area (Å²) in [5.41, 5.74) is 10.9. The number of hydrogen-bond acceptors (Lipinski definition) is 5. The number of ether oxygens (including phenoxy) is 1. The zero-order valence-electron chi connectivity index (χ0n) is 27.4. The summed E-state index contributed by atoms with van der Waals surface area (Å²) < 4.78 is 25.2. The number of aryl methyl sites for hydroxylation is 1. The number of rotatable bonds is 7. The first-order chi connectivity index (χ1) is 22.1. The first-order valence-corrected chi connectivity index (χ1v) is 16.8. The lowest BCUT2D eigenvalue weighted by atomic mass is 9.87. The van der Waals surface area contributed by atoms with Gasteiger partial charge in [-0.2, -0.15) is 5.10 Å². The molecule has 3 aromatic heterocycles. The standard InChI is InChI=1S/C36H45FN6O3/c1-22-31(39-43-20-26(17-29(37)32(22)43)34(44)41-14-6-8-27(38)21-41)30-18-25-7-5-9-28(33(25)42(30)19-23-10-11-23)24-12-15-40(16-13-24)35(45)36(2,3)46-4/h5,7,9,17-18,20,23-24,27H,6,8,10-16,19,21,38H2,1-4H3. The lowest BCUT2D eigenvalue weighted by Crippen LogP contribution is -2.49. The molecule has 1 saturated carbocycles. The third kappa shape index (κ3) is 5.49. The highest BCUT2D eigenvalue weighted by atomic mass is 19.1. The van der Waals surface area contributed by atoms with Gasteiger partial charge in [0.15, 0.2) is 0 Å². The van der Waals surface area contributed by atoms with Crippen molar-refractivity contribution in [2.45, 2.75) is 83.4 Å². The van der Waals surface area contributed by atoms with Crippen LogP contribution in [-0.2, 0) is 16.1 Å². The minimum Gasteiger partial charge on any atom is -0.369 e. The predicted octanol–water partition coefficient (Wildman–Crippen LogP) is 5.51. The predicted molar refractivity (Wildman–Crippen MR) is 176 cm³/mol. The van der Waals surface area contributed by atoms with Crippen molar-refractivity contribution in [3.05, 3.63) is 59.0 Å². The van der Waals surface area contributed by atoms with Crippen LogP contribution in [0.2, 0.25) is 0 Å². The maximum Gasteiger partial charge on any atom is 0.255 e. The van der Waals surface area contributed by atoms with E-state index < -0.39 is 11.4 Å². The van der Waals surface area contributed by atoms with E-state index in [1.165, 1.54) is 30.0 Å². The Kier molecular flexibility index (Phi) is 7.92. The van der Waals surface area contributed by atoms with Gasteiger partial charge in [0, 0.05) is 63.0 Å². The number of likely N-dealkylation sites (tertiary alicyclic amines) is 2. The minimum absolute atomic E-state index is 0.0324. The molecule has 46 heavy (non-hydrogen) atoms. The summed E-state index contributed by atoms with van der Waals surface area (Å²) in [4.78, 5) is 30.1. The normalized spacial score (nSPS) is 19.8. The molecule has 9 nitrogen and oxygen atoms in total. The van der Waals surface area contributed by atoms with Gasteiger partial charge in [0.2, 0.25) is 0 Å². The SMILES string of the molecule is COC(C)(C)C(=O)N1CCC(c2cccc3cc(-c4nn5cc(C(=O)N6CCCC(N)C6)cc(F)c5c4C)n(CC4CC4)c23)CC1. The van der Waals surface area contributed by atoms with E-state index in [9.17, 15) is 9.59 Å². The number of aromatic nitrogens is 3. The van der Waals surface area contributed by atoms with Crippen LogP contribution in [-0.4, -0.2) is 80.7 Å². The second kappa shape index (κ2) is 11.8. The molecule has 4 aromatic rings. The van der Waals surface area contributed by atoms with E-state index in [-0.39, 0.29) is 23.4 Å². The van der Waals surface area contributed by atoms with E-state index in [4.69, 9.17) is 15.6 Å². The summed E-state index contributed by atoms with van der Waals surface area (Å²) >= 11 is 0. The Hall–Kier alpha value is -3.76. The molecule has 2 amide bonds. The molecule has 0 bridgehead atoms. The van der Waals surface area contributed by atoms with Crippen LogP contribution in [0.3, 0.4) is 0 Å². The topological polar surface area (TPSA) is 98.1 Å². The van der Waals surface area contributed by atoms with Gasteiger partial charge in [0.1, 0.15) is 22.6 Å². The van der Waals surface area contributed by atoms with Gasteiger partial charge in [-0.3, -0.25) is 9.59 Å². The molecule has 1 unspecified atom stereocenters. The van der Waals surface area contributed by atoms with Crippen molar-refractivity contribution in [3.8, 4) is 11.4 Å². The van der Waals surface area contributed by atoms with Crippen LogP contribution < -0.4 is 5.73 Å². The van der Waals surface area contributed by atoms with Gasteiger partial charge in [0.25, 0.3) is 11.8 Å². The van der Waals surface area contributed by atoms with Gasteiger partial charge in [-0.25, -0.2) is 8.91 Å². The maximum atomic E-state index is 15.8. The zero-order chi connectivity index (χ0) is 32.3. The van der Waals surface area contributed by atoms with Gasteiger partial charge >= 0.3 is 0 Å². The molecule has 3 aliphatic rings. The molecule has 2 N–H and O–H groups in total. The fraction of sp³-hybridized carbons (Fsp3) is 0.528. The lowest BCUT2D eigenvalue weighted by Gasteiger charge is -2.36.